The number of piperidine rings is 1. The highest BCUT2D eigenvalue weighted by molar-refractivity contribution is 5.94. The van der Waals surface area contributed by atoms with Crippen molar-refractivity contribution in [3.05, 3.63) is 52.0 Å². The molecule has 2 aromatic rings. The third kappa shape index (κ3) is 2.81. The lowest BCUT2D eigenvalue weighted by Gasteiger charge is -2.31. The van der Waals surface area contributed by atoms with Crippen LogP contribution in [0.1, 0.15) is 59.4 Å². The number of H-pyrrole nitrogens is 2. The van der Waals surface area contributed by atoms with Crippen LogP contribution in [0.3, 0.4) is 0 Å². The number of amides is 1. The van der Waals surface area contributed by atoms with Gasteiger partial charge in [-0.1, -0.05) is 0 Å². The van der Waals surface area contributed by atoms with Gasteiger partial charge in [0.2, 0.25) is 0 Å². The third-order valence-electron chi connectivity index (χ3n) is 4.79. The van der Waals surface area contributed by atoms with Crippen LogP contribution < -0.4 is 5.56 Å². The first-order chi connectivity index (χ1) is 11.2. The molecule has 0 spiro atoms. The number of aromatic nitrogens is 3. The van der Waals surface area contributed by atoms with Crippen LogP contribution in [0.2, 0.25) is 0 Å². The van der Waals surface area contributed by atoms with E-state index >= 15 is 0 Å². The van der Waals surface area contributed by atoms with Crippen LogP contribution in [0.5, 0.6) is 0 Å². The van der Waals surface area contributed by atoms with Crippen LogP contribution >= 0.6 is 0 Å². The predicted molar refractivity (Wildman–Crippen MR) is 85.5 cm³/mol. The lowest BCUT2D eigenvalue weighted by Crippen LogP contribution is -2.41. The fraction of sp³-hybridized carbons (Fsp3) is 0.471. The number of carbonyl (C=O) groups is 1. The summed E-state index contributed by atoms with van der Waals surface area (Å²) in [6.07, 6.45) is 7.72. The fourth-order valence-corrected chi connectivity index (χ4v) is 3.35. The number of likely N-dealkylation sites (tertiary alicyclic amines) is 1. The molecule has 6 nitrogen and oxygen atoms in total. The summed E-state index contributed by atoms with van der Waals surface area (Å²) < 4.78 is 0. The van der Waals surface area contributed by atoms with Gasteiger partial charge in [-0.05, 0) is 43.7 Å². The van der Waals surface area contributed by atoms with E-state index in [2.05, 4.69) is 15.0 Å². The second-order valence-corrected chi connectivity index (χ2v) is 6.50. The molecule has 1 unspecified atom stereocenters. The number of rotatable bonds is 3. The Hall–Kier alpha value is -2.37. The van der Waals surface area contributed by atoms with Gasteiger partial charge in [0.05, 0.1) is 0 Å². The fourth-order valence-electron chi connectivity index (χ4n) is 3.35. The first kappa shape index (κ1) is 14.2. The molecule has 0 bridgehead atoms. The van der Waals surface area contributed by atoms with Crippen LogP contribution in [-0.4, -0.2) is 38.8 Å². The summed E-state index contributed by atoms with van der Waals surface area (Å²) in [6.45, 7) is 1.30. The summed E-state index contributed by atoms with van der Waals surface area (Å²) in [5, 5.41) is 0. The standard InChI is InChI=1S/C17H20N4O2/c22-16-13(5-6-14(20-16)11-3-4-11)17(23)21-9-1-2-12(10-21)15-18-7-8-19-15/h5-8,11-12H,1-4,9-10H2,(H,18,19)(H,20,22). The Morgan fingerprint density at radius 3 is 2.78 bits per heavy atom. The van der Waals surface area contributed by atoms with E-state index in [1.807, 2.05) is 6.07 Å². The highest BCUT2D eigenvalue weighted by Gasteiger charge is 2.29. The Kier molecular flexibility index (Phi) is 3.52. The van der Waals surface area contributed by atoms with Gasteiger partial charge in [0.25, 0.3) is 11.5 Å². The second-order valence-electron chi connectivity index (χ2n) is 6.50. The van der Waals surface area contributed by atoms with E-state index < -0.39 is 0 Å². The number of hydrogen-bond acceptors (Lipinski definition) is 3. The normalized spacial score (nSPS) is 21.4. The van der Waals surface area contributed by atoms with Crippen molar-refractivity contribution in [2.45, 2.75) is 37.5 Å². The number of carbonyl (C=O) groups excluding carboxylic acids is 1. The van der Waals surface area contributed by atoms with E-state index in [0.717, 1.165) is 37.2 Å². The molecule has 4 rings (SSSR count). The van der Waals surface area contributed by atoms with Crippen molar-refractivity contribution in [1.29, 1.82) is 0 Å². The van der Waals surface area contributed by atoms with Gasteiger partial charge in [-0.15, -0.1) is 0 Å². The van der Waals surface area contributed by atoms with Gasteiger partial charge in [0, 0.05) is 37.1 Å². The largest absolute Gasteiger partial charge is 0.348 e. The van der Waals surface area contributed by atoms with Crippen molar-refractivity contribution in [2.75, 3.05) is 13.1 Å². The topological polar surface area (TPSA) is 81.8 Å². The summed E-state index contributed by atoms with van der Waals surface area (Å²) in [7, 11) is 0. The average Bonchev–Trinajstić information content (AvgIpc) is 3.28. The summed E-state index contributed by atoms with van der Waals surface area (Å²) in [5.74, 6) is 1.43. The molecule has 1 saturated heterocycles. The summed E-state index contributed by atoms with van der Waals surface area (Å²) in [4.78, 5) is 37.0. The molecule has 120 valence electrons. The minimum absolute atomic E-state index is 0.176. The third-order valence-corrected chi connectivity index (χ3v) is 4.79. The van der Waals surface area contributed by atoms with Crippen molar-refractivity contribution >= 4 is 5.91 Å². The molecule has 3 heterocycles. The summed E-state index contributed by atoms with van der Waals surface area (Å²) >= 11 is 0. The quantitative estimate of drug-likeness (QED) is 0.909. The van der Waals surface area contributed by atoms with Crippen molar-refractivity contribution in [3.8, 4) is 0 Å². The van der Waals surface area contributed by atoms with E-state index in [0.29, 0.717) is 19.0 Å². The van der Waals surface area contributed by atoms with Crippen molar-refractivity contribution in [2.24, 2.45) is 0 Å². The van der Waals surface area contributed by atoms with E-state index in [-0.39, 0.29) is 22.9 Å². The van der Waals surface area contributed by atoms with Gasteiger partial charge in [-0.2, -0.15) is 0 Å². The lowest BCUT2D eigenvalue weighted by atomic mass is 9.97. The first-order valence-corrected chi connectivity index (χ1v) is 8.24. The Balaban J connectivity index is 1.53. The molecule has 6 heteroatoms. The molecule has 23 heavy (non-hydrogen) atoms. The number of nitrogens with one attached hydrogen (secondary N) is 2. The number of aromatic amines is 2. The molecule has 0 aromatic carbocycles. The van der Waals surface area contributed by atoms with Gasteiger partial charge in [0.1, 0.15) is 11.4 Å². The highest BCUT2D eigenvalue weighted by Crippen LogP contribution is 2.38. The number of pyridine rings is 1. The molecular weight excluding hydrogens is 292 g/mol. The molecule has 2 fully saturated rings. The van der Waals surface area contributed by atoms with Gasteiger partial charge in [0.15, 0.2) is 0 Å². The number of nitrogens with zero attached hydrogens (tertiary/aromatic N) is 2. The molecule has 1 atom stereocenters. The van der Waals surface area contributed by atoms with Crippen LogP contribution in [0, 0.1) is 0 Å². The zero-order valence-electron chi connectivity index (χ0n) is 12.9. The molecule has 0 radical (unpaired) electrons. The zero-order valence-corrected chi connectivity index (χ0v) is 12.9. The van der Waals surface area contributed by atoms with Crippen molar-refractivity contribution in [1.82, 2.24) is 19.9 Å². The summed E-state index contributed by atoms with van der Waals surface area (Å²) in [5.41, 5.74) is 0.938. The minimum atomic E-state index is -0.264. The summed E-state index contributed by atoms with van der Waals surface area (Å²) in [6, 6.07) is 3.57. The molecule has 2 aromatic heterocycles. The number of imidazole rings is 1. The van der Waals surface area contributed by atoms with Crippen LogP contribution in [0.15, 0.2) is 29.3 Å². The monoisotopic (exact) mass is 312 g/mol. The van der Waals surface area contributed by atoms with E-state index in [1.54, 1.807) is 23.4 Å². The van der Waals surface area contributed by atoms with Gasteiger partial charge < -0.3 is 14.9 Å². The van der Waals surface area contributed by atoms with E-state index in [1.165, 1.54) is 0 Å². The maximum Gasteiger partial charge on any atom is 0.261 e. The van der Waals surface area contributed by atoms with Gasteiger partial charge in [-0.3, -0.25) is 9.59 Å². The molecule has 1 aliphatic carbocycles. The van der Waals surface area contributed by atoms with Crippen molar-refractivity contribution < 1.29 is 4.79 Å². The second kappa shape index (κ2) is 5.68. The van der Waals surface area contributed by atoms with Gasteiger partial charge in [-0.25, -0.2) is 4.98 Å². The molecular formula is C17H20N4O2. The average molecular weight is 312 g/mol. The maximum absolute atomic E-state index is 12.7. The number of hydrogen-bond donors (Lipinski definition) is 2. The molecule has 1 saturated carbocycles. The Bertz CT molecular complexity index is 761. The first-order valence-electron chi connectivity index (χ1n) is 8.24. The van der Waals surface area contributed by atoms with Crippen LogP contribution in [0.25, 0.3) is 0 Å². The highest BCUT2D eigenvalue weighted by atomic mass is 16.2. The van der Waals surface area contributed by atoms with Crippen LogP contribution in [-0.2, 0) is 0 Å². The van der Waals surface area contributed by atoms with E-state index in [9.17, 15) is 9.59 Å². The molecule has 1 amide bonds. The van der Waals surface area contributed by atoms with Crippen molar-refractivity contribution in [3.63, 3.8) is 0 Å². The van der Waals surface area contributed by atoms with Crippen LogP contribution in [0.4, 0.5) is 0 Å². The minimum Gasteiger partial charge on any atom is -0.348 e. The predicted octanol–water partition coefficient (Wildman–Crippen LogP) is 2.00. The smallest absolute Gasteiger partial charge is 0.261 e. The lowest BCUT2D eigenvalue weighted by molar-refractivity contribution is 0.0703. The molecule has 2 N–H and O–H groups in total. The molecule has 2 aliphatic rings. The Morgan fingerprint density at radius 1 is 1.22 bits per heavy atom. The van der Waals surface area contributed by atoms with E-state index in [4.69, 9.17) is 0 Å². The SMILES string of the molecule is O=C(c1ccc(C2CC2)[nH]c1=O)N1CCCC(c2ncc[nH]2)C1. The molecule has 1 aliphatic heterocycles. The zero-order chi connectivity index (χ0) is 15.8. The van der Waals surface area contributed by atoms with Gasteiger partial charge >= 0.3 is 0 Å². The Labute approximate surface area is 133 Å². The maximum atomic E-state index is 12.7. The Morgan fingerprint density at radius 2 is 2.09 bits per heavy atom.